The monoisotopic (exact) mass is 858 g/mol. The van der Waals surface area contributed by atoms with E-state index in [4.69, 9.17) is 28.9 Å². The molecule has 4 heterocycles. The smallest absolute Gasteiger partial charge is 0.419 e. The van der Waals surface area contributed by atoms with Crippen molar-refractivity contribution in [2.24, 2.45) is 0 Å². The molecule has 5 N–H and O–H groups in total. The maximum absolute atomic E-state index is 14.3. The largest absolute Gasteiger partial charge is 0.506 e. The zero-order valence-electron chi connectivity index (χ0n) is 31.2. The summed E-state index contributed by atoms with van der Waals surface area (Å²) in [5, 5.41) is 26.4. The Morgan fingerprint density at radius 1 is 0.700 bits per heavy atom. The molecule has 8 rings (SSSR count). The van der Waals surface area contributed by atoms with Crippen molar-refractivity contribution in [2.75, 3.05) is 11.1 Å². The number of anilines is 2. The maximum Gasteiger partial charge on any atom is 0.419 e. The van der Waals surface area contributed by atoms with E-state index in [-0.39, 0.29) is 29.2 Å². The third-order valence-corrected chi connectivity index (χ3v) is 8.89. The van der Waals surface area contributed by atoms with Gasteiger partial charge < -0.3 is 21.3 Å². The fourth-order valence-electron chi connectivity index (χ4n) is 5.48. The number of nitrogens with two attached hydrogens (primary N) is 1. The number of carbonyl (C=O) groups is 1. The Hall–Kier alpha value is -6.90. The number of para-hydroxylation sites is 1. The van der Waals surface area contributed by atoms with Crippen molar-refractivity contribution in [3.63, 3.8) is 0 Å². The molecular weight excluding hydrogens is 826 g/mol. The number of aryl methyl sites for hydroxylation is 1. The standard InChI is InChI=1S/C22H17ClFN3O.C9H7NO.C8H4F4O.C5H5ClN2/c1-13-4-5-15(11-18(13)24)20(27-19-12-16(23)8-10-25-19)17-7-6-14-3-2-9-26-21(14)22(17)28;11-8-5-1-3-7-4-2-6-10-9(7)8;9-7-3-5(4-13)1-2-6(7)8(10,11)12;6-4-1-2-8-5(7)3-4/h2-12,20,28H,1H3,(H,25,27);1-6,11H;1-4H;1-3H,(H2,7,8). The van der Waals surface area contributed by atoms with Crippen LogP contribution in [-0.4, -0.2) is 36.4 Å². The summed E-state index contributed by atoms with van der Waals surface area (Å²) >= 11 is 11.6. The number of aromatic nitrogens is 4. The second-order valence-corrected chi connectivity index (χ2v) is 13.5. The van der Waals surface area contributed by atoms with Gasteiger partial charge in [0, 0.05) is 56.7 Å². The zero-order chi connectivity index (χ0) is 43.4. The number of hydrogen-bond acceptors (Lipinski definition) is 9. The minimum atomic E-state index is -4.72. The van der Waals surface area contributed by atoms with Gasteiger partial charge in [0.15, 0.2) is 0 Å². The minimum Gasteiger partial charge on any atom is -0.506 e. The fraction of sp³-hybridized carbons (Fsp3) is 0.0682. The quantitative estimate of drug-likeness (QED) is 0.0981. The summed E-state index contributed by atoms with van der Waals surface area (Å²) in [7, 11) is 0. The van der Waals surface area contributed by atoms with Gasteiger partial charge in [-0.25, -0.2) is 18.7 Å². The molecule has 1 atom stereocenters. The molecule has 1 unspecified atom stereocenters. The summed E-state index contributed by atoms with van der Waals surface area (Å²) in [6.45, 7) is 1.71. The van der Waals surface area contributed by atoms with Crippen molar-refractivity contribution in [3.8, 4) is 11.5 Å². The van der Waals surface area contributed by atoms with Crippen LogP contribution in [0, 0.1) is 18.6 Å². The molecule has 0 radical (unpaired) electrons. The van der Waals surface area contributed by atoms with Crippen LogP contribution in [0.25, 0.3) is 21.8 Å². The van der Waals surface area contributed by atoms with Gasteiger partial charge in [0.05, 0.1) is 11.6 Å². The van der Waals surface area contributed by atoms with Crippen molar-refractivity contribution < 1.29 is 37.0 Å². The number of rotatable bonds is 5. The van der Waals surface area contributed by atoms with Gasteiger partial charge in [-0.3, -0.25) is 14.8 Å². The number of hydrogen-bond donors (Lipinski definition) is 4. The Labute approximate surface area is 350 Å². The molecule has 4 aromatic heterocycles. The van der Waals surface area contributed by atoms with Crippen LogP contribution in [0.4, 0.5) is 33.6 Å². The zero-order valence-corrected chi connectivity index (χ0v) is 32.8. The van der Waals surface area contributed by atoms with Gasteiger partial charge in [-0.05, 0) is 78.7 Å². The molecule has 0 aliphatic rings. The van der Waals surface area contributed by atoms with Gasteiger partial charge in [-0.1, -0.05) is 77.8 Å². The highest BCUT2D eigenvalue weighted by molar-refractivity contribution is 6.31. The number of nitrogens with one attached hydrogen (secondary N) is 1. The SMILES string of the molecule is Cc1ccc(C(Nc2cc(Cl)ccn2)c2ccc3cccnc3c2O)cc1F.Nc1cc(Cl)ccn1.O=Cc1ccc(C(F)(F)F)c(F)c1.Oc1cccc2cccnc12. The lowest BCUT2D eigenvalue weighted by atomic mass is 9.95. The van der Waals surface area contributed by atoms with Crippen LogP contribution in [0.2, 0.25) is 10.0 Å². The molecule has 0 amide bonds. The lowest BCUT2D eigenvalue weighted by molar-refractivity contribution is -0.140. The van der Waals surface area contributed by atoms with Crippen molar-refractivity contribution in [2.45, 2.75) is 19.1 Å². The van der Waals surface area contributed by atoms with E-state index in [9.17, 15) is 37.0 Å². The highest BCUT2D eigenvalue weighted by atomic mass is 35.5. The number of benzene rings is 4. The van der Waals surface area contributed by atoms with Crippen LogP contribution in [0.15, 0.2) is 140 Å². The number of carbonyl (C=O) groups excluding carboxylic acids is 1. The van der Waals surface area contributed by atoms with E-state index in [0.717, 1.165) is 16.8 Å². The van der Waals surface area contributed by atoms with Gasteiger partial charge in [-0.2, -0.15) is 13.2 Å². The third kappa shape index (κ3) is 11.8. The Morgan fingerprint density at radius 3 is 1.93 bits per heavy atom. The van der Waals surface area contributed by atoms with E-state index in [1.165, 1.54) is 6.07 Å². The number of nitrogens with zero attached hydrogens (tertiary/aromatic N) is 4. The lowest BCUT2D eigenvalue weighted by Gasteiger charge is -2.22. The number of aldehydes is 1. The summed E-state index contributed by atoms with van der Waals surface area (Å²) in [6.07, 6.45) is 2.01. The summed E-state index contributed by atoms with van der Waals surface area (Å²) in [5.74, 6) is -0.503. The molecule has 0 spiro atoms. The highest BCUT2D eigenvalue weighted by Gasteiger charge is 2.33. The molecule has 4 aromatic carbocycles. The first kappa shape index (κ1) is 44.2. The molecular formula is C44H33Cl2F5N6O3. The topological polar surface area (TPSA) is 147 Å². The second-order valence-electron chi connectivity index (χ2n) is 12.6. The minimum absolute atomic E-state index is 0.0404. The summed E-state index contributed by atoms with van der Waals surface area (Å²) in [4.78, 5) is 26.4. The maximum atomic E-state index is 14.3. The van der Waals surface area contributed by atoms with Gasteiger partial charge in [0.1, 0.15) is 52.1 Å². The van der Waals surface area contributed by atoms with E-state index < -0.39 is 23.6 Å². The molecule has 9 nitrogen and oxygen atoms in total. The normalized spacial score (nSPS) is 11.2. The van der Waals surface area contributed by atoms with Gasteiger partial charge >= 0.3 is 6.18 Å². The van der Waals surface area contributed by atoms with Crippen molar-refractivity contribution >= 4 is 62.9 Å². The van der Waals surface area contributed by atoms with Crippen LogP contribution < -0.4 is 11.1 Å². The van der Waals surface area contributed by atoms with Crippen LogP contribution in [-0.2, 0) is 6.18 Å². The average molecular weight is 860 g/mol. The summed E-state index contributed by atoms with van der Waals surface area (Å²) in [6, 6.07) is 29.6. The van der Waals surface area contributed by atoms with Crippen LogP contribution in [0.1, 0.15) is 38.7 Å². The Balaban J connectivity index is 0.000000175. The number of halogens is 7. The molecule has 60 heavy (non-hydrogen) atoms. The number of nitrogen functional groups attached to an aromatic ring is 1. The first-order valence-corrected chi connectivity index (χ1v) is 18.3. The Bertz CT molecular complexity index is 2720. The number of fused-ring (bicyclic) bond motifs is 2. The van der Waals surface area contributed by atoms with Crippen LogP contribution in [0.3, 0.4) is 0 Å². The highest BCUT2D eigenvalue weighted by Crippen LogP contribution is 2.37. The first-order valence-electron chi connectivity index (χ1n) is 17.6. The number of pyridine rings is 4. The molecule has 0 fully saturated rings. The lowest BCUT2D eigenvalue weighted by Crippen LogP contribution is -2.14. The van der Waals surface area contributed by atoms with E-state index in [1.807, 2.05) is 42.5 Å². The van der Waals surface area contributed by atoms with Gasteiger partial charge in [0.2, 0.25) is 0 Å². The Kier molecular flexibility index (Phi) is 14.9. The molecule has 0 bridgehead atoms. The molecule has 0 aliphatic heterocycles. The summed E-state index contributed by atoms with van der Waals surface area (Å²) in [5.41, 5.74) is 6.69. The summed E-state index contributed by atoms with van der Waals surface area (Å²) < 4.78 is 62.8. The third-order valence-electron chi connectivity index (χ3n) is 8.42. The van der Waals surface area contributed by atoms with E-state index in [0.29, 0.717) is 61.5 Å². The van der Waals surface area contributed by atoms with Gasteiger partial charge in [0.25, 0.3) is 0 Å². The molecule has 306 valence electrons. The number of phenols is 2. The molecule has 8 aromatic rings. The number of phenolic OH excluding ortho intramolecular Hbond substituents is 2. The van der Waals surface area contributed by atoms with Gasteiger partial charge in [-0.15, -0.1) is 0 Å². The van der Waals surface area contributed by atoms with Crippen molar-refractivity contribution in [1.82, 2.24) is 19.9 Å². The molecule has 0 aliphatic carbocycles. The van der Waals surface area contributed by atoms with E-state index >= 15 is 0 Å². The second kappa shape index (κ2) is 20.2. The van der Waals surface area contributed by atoms with E-state index in [1.54, 1.807) is 80.2 Å². The molecule has 16 heteroatoms. The predicted octanol–water partition coefficient (Wildman–Crippen LogP) is 11.6. The first-order chi connectivity index (χ1) is 28.6. The van der Waals surface area contributed by atoms with E-state index in [2.05, 4.69) is 25.3 Å². The number of aromatic hydroxyl groups is 2. The van der Waals surface area contributed by atoms with Crippen molar-refractivity contribution in [1.29, 1.82) is 0 Å². The Morgan fingerprint density at radius 2 is 1.35 bits per heavy atom. The van der Waals surface area contributed by atoms with Crippen LogP contribution in [0.5, 0.6) is 11.5 Å². The average Bonchev–Trinajstić information content (AvgIpc) is 3.22. The number of alkyl halides is 3. The molecule has 0 saturated carbocycles. The molecule has 0 saturated heterocycles. The van der Waals surface area contributed by atoms with Crippen molar-refractivity contribution in [3.05, 3.63) is 190 Å². The predicted molar refractivity (Wildman–Crippen MR) is 223 cm³/mol. The van der Waals surface area contributed by atoms with Crippen LogP contribution >= 0.6 is 23.2 Å². The fourth-order valence-corrected chi connectivity index (χ4v) is 5.81.